The number of esters is 4. The van der Waals surface area contributed by atoms with Gasteiger partial charge in [0.1, 0.15) is 25.1 Å². The first-order valence-electron chi connectivity index (χ1n) is 25.8. The Morgan fingerprint density at radius 1 is 0.635 bits per heavy atom. The average molecular weight is 1030 g/mol. The second-order valence-electron chi connectivity index (χ2n) is 23.2. The van der Waals surface area contributed by atoms with Crippen molar-refractivity contribution in [2.75, 3.05) is 26.9 Å². The number of rotatable bonds is 21. The number of nitrogens with one attached hydrogen (secondary N) is 1. The summed E-state index contributed by atoms with van der Waals surface area (Å²) in [6, 6.07) is 22.5. The third kappa shape index (κ3) is 16.4. The van der Waals surface area contributed by atoms with Gasteiger partial charge in [0, 0.05) is 5.92 Å². The quantitative estimate of drug-likeness (QED) is 0.0461. The van der Waals surface area contributed by atoms with Crippen molar-refractivity contribution < 1.29 is 66.6 Å². The van der Waals surface area contributed by atoms with E-state index in [0.29, 0.717) is 5.75 Å². The standard InChI is InChI=1S/C59H81NO14/c1-15-16-17-18-19-28-45(67-33-37-29-31-38(66-14)32-30-37)44(60-55(65)70-34-43-41-26-22-20-24-39(41)40-25-21-23-27-42(40)43)35-68-50-49(74-54(64)59(11,12)13)48(73-53(63)58(8,9)10)47(72-52(62)57(5,6)7)46(71-50)36-69-51(61)56(2,3)4/h19-32,43-50H,15-18,33-36H2,1-14H3,(H,60,65)/b28-19+/t44-,45+,46+,47-,48-,49+,50+/m0/s1. The minimum atomic E-state index is -1.58. The molecule has 0 unspecified atom stereocenters. The molecule has 406 valence electrons. The van der Waals surface area contributed by atoms with Crippen LogP contribution in [0.3, 0.4) is 0 Å². The summed E-state index contributed by atoms with van der Waals surface area (Å²) >= 11 is 0. The lowest BCUT2D eigenvalue weighted by molar-refractivity contribution is -0.313. The van der Waals surface area contributed by atoms with Gasteiger partial charge in [0.25, 0.3) is 0 Å². The zero-order valence-corrected chi connectivity index (χ0v) is 46.1. The molecule has 1 aliphatic carbocycles. The number of hydrogen-bond donors (Lipinski definition) is 1. The maximum atomic E-state index is 14.3. The van der Waals surface area contributed by atoms with Crippen molar-refractivity contribution in [2.24, 2.45) is 21.7 Å². The van der Waals surface area contributed by atoms with E-state index in [1.807, 2.05) is 72.8 Å². The highest BCUT2D eigenvalue weighted by molar-refractivity contribution is 5.80. The number of benzene rings is 3. The van der Waals surface area contributed by atoms with Crippen LogP contribution < -0.4 is 10.1 Å². The monoisotopic (exact) mass is 1030 g/mol. The number of allylic oxidation sites excluding steroid dienone is 1. The van der Waals surface area contributed by atoms with E-state index in [0.717, 1.165) is 53.5 Å². The molecular formula is C59H81NO14. The van der Waals surface area contributed by atoms with Crippen LogP contribution in [0, 0.1) is 21.7 Å². The first-order valence-corrected chi connectivity index (χ1v) is 25.8. The fourth-order valence-corrected chi connectivity index (χ4v) is 8.00. The van der Waals surface area contributed by atoms with Gasteiger partial charge in [-0.3, -0.25) is 19.2 Å². The van der Waals surface area contributed by atoms with Crippen LogP contribution in [0.25, 0.3) is 11.1 Å². The molecule has 0 bridgehead atoms. The predicted octanol–water partition coefficient (Wildman–Crippen LogP) is 10.8. The summed E-state index contributed by atoms with van der Waals surface area (Å²) in [7, 11) is 1.59. The topological polar surface area (TPSA) is 180 Å². The molecule has 1 N–H and O–H groups in total. The van der Waals surface area contributed by atoms with Crippen molar-refractivity contribution in [1.29, 1.82) is 0 Å². The highest BCUT2D eigenvalue weighted by Crippen LogP contribution is 2.44. The van der Waals surface area contributed by atoms with Gasteiger partial charge in [-0.2, -0.15) is 0 Å². The SMILES string of the molecule is CCCCC/C=C/[C@@H](OCc1ccc(OC)cc1)[C@H](CO[C@@H]1O[C@H](COC(=O)C(C)(C)C)[C@H](OC(=O)C(C)(C)C)[C@H](OC(=O)C(C)(C)C)[C@H]1OC(=O)C(C)(C)C)NC(=O)OCC1c2ccccc2-c2ccccc21. The van der Waals surface area contributed by atoms with E-state index in [9.17, 15) is 24.0 Å². The summed E-state index contributed by atoms with van der Waals surface area (Å²) in [5.74, 6) is -2.25. The lowest BCUT2D eigenvalue weighted by Gasteiger charge is -2.46. The number of alkyl carbamates (subject to hydrolysis) is 1. The second kappa shape index (κ2) is 25.6. The van der Waals surface area contributed by atoms with Crippen molar-refractivity contribution in [3.63, 3.8) is 0 Å². The van der Waals surface area contributed by atoms with Gasteiger partial charge < -0.3 is 47.9 Å². The number of unbranched alkanes of at least 4 members (excludes halogenated alkanes) is 3. The molecule has 2 aliphatic rings. The Hall–Kier alpha value is -5.77. The average Bonchev–Trinajstić information content (AvgIpc) is 3.65. The maximum Gasteiger partial charge on any atom is 0.407 e. The van der Waals surface area contributed by atoms with Gasteiger partial charge in [0.15, 0.2) is 24.6 Å². The smallest absolute Gasteiger partial charge is 0.407 e. The second-order valence-corrected chi connectivity index (χ2v) is 23.2. The molecule has 0 aromatic heterocycles. The molecule has 1 heterocycles. The van der Waals surface area contributed by atoms with E-state index in [1.165, 1.54) is 0 Å². The highest BCUT2D eigenvalue weighted by Gasteiger charge is 2.55. The van der Waals surface area contributed by atoms with Crippen molar-refractivity contribution in [2.45, 2.75) is 171 Å². The first-order chi connectivity index (χ1) is 34.7. The zero-order valence-electron chi connectivity index (χ0n) is 46.1. The van der Waals surface area contributed by atoms with Crippen LogP contribution in [0.15, 0.2) is 84.9 Å². The molecule has 1 amide bonds. The molecule has 1 fully saturated rings. The number of carbonyl (C=O) groups excluding carboxylic acids is 5. The van der Waals surface area contributed by atoms with Crippen molar-refractivity contribution in [1.82, 2.24) is 5.32 Å². The zero-order chi connectivity index (χ0) is 54.6. The highest BCUT2D eigenvalue weighted by atomic mass is 16.7. The molecule has 5 rings (SSSR count). The molecule has 15 nitrogen and oxygen atoms in total. The molecule has 3 aromatic rings. The van der Waals surface area contributed by atoms with Crippen LogP contribution in [0.2, 0.25) is 0 Å². The predicted molar refractivity (Wildman–Crippen MR) is 280 cm³/mol. The van der Waals surface area contributed by atoms with Gasteiger partial charge in [0.2, 0.25) is 0 Å². The summed E-state index contributed by atoms with van der Waals surface area (Å²) in [6.07, 6.45) is -1.54. The van der Waals surface area contributed by atoms with Crippen LogP contribution >= 0.6 is 0 Å². The van der Waals surface area contributed by atoms with E-state index in [4.69, 9.17) is 42.6 Å². The van der Waals surface area contributed by atoms with Crippen LogP contribution in [0.1, 0.15) is 138 Å². The molecule has 1 aliphatic heterocycles. The van der Waals surface area contributed by atoms with Crippen LogP contribution in [-0.2, 0) is 63.7 Å². The molecular weight excluding hydrogens is 947 g/mol. The Morgan fingerprint density at radius 3 is 1.69 bits per heavy atom. The third-order valence-electron chi connectivity index (χ3n) is 12.5. The summed E-state index contributed by atoms with van der Waals surface area (Å²) in [4.78, 5) is 69.5. The number of ether oxygens (including phenoxy) is 9. The number of amides is 1. The van der Waals surface area contributed by atoms with Gasteiger partial charge in [-0.25, -0.2) is 4.79 Å². The Kier molecular flexibility index (Phi) is 20.5. The maximum absolute atomic E-state index is 14.3. The minimum Gasteiger partial charge on any atom is -0.497 e. The van der Waals surface area contributed by atoms with Crippen molar-refractivity contribution in [3.8, 4) is 16.9 Å². The van der Waals surface area contributed by atoms with Gasteiger partial charge in [-0.15, -0.1) is 0 Å². The largest absolute Gasteiger partial charge is 0.497 e. The van der Waals surface area contributed by atoms with E-state index in [2.05, 4.69) is 24.4 Å². The molecule has 15 heteroatoms. The van der Waals surface area contributed by atoms with E-state index >= 15 is 0 Å². The summed E-state index contributed by atoms with van der Waals surface area (Å²) in [5, 5.41) is 3.03. The van der Waals surface area contributed by atoms with Gasteiger partial charge in [0.05, 0.1) is 54.1 Å². The van der Waals surface area contributed by atoms with Gasteiger partial charge in [-0.1, -0.05) is 92.6 Å². The van der Waals surface area contributed by atoms with Crippen molar-refractivity contribution in [3.05, 3.63) is 102 Å². The molecule has 0 saturated carbocycles. The van der Waals surface area contributed by atoms with E-state index in [1.54, 1.807) is 90.2 Å². The van der Waals surface area contributed by atoms with E-state index in [-0.39, 0.29) is 25.7 Å². The number of carbonyl (C=O) groups is 5. The van der Waals surface area contributed by atoms with Crippen LogP contribution in [-0.4, -0.2) is 99.8 Å². The first kappa shape index (κ1) is 59.1. The number of hydrogen-bond acceptors (Lipinski definition) is 14. The lowest BCUT2D eigenvalue weighted by Crippen LogP contribution is -2.64. The fraction of sp³-hybridized carbons (Fsp3) is 0.576. The number of methoxy groups -OCH3 is 1. The minimum absolute atomic E-state index is 0.0265. The Morgan fingerprint density at radius 2 is 1.16 bits per heavy atom. The molecule has 7 atom stereocenters. The lowest BCUT2D eigenvalue weighted by atomic mass is 9.93. The van der Waals surface area contributed by atoms with E-state index < -0.39 is 101 Å². The Bertz CT molecular complexity index is 2340. The Labute approximate surface area is 438 Å². The number of fused-ring (bicyclic) bond motifs is 3. The van der Waals surface area contributed by atoms with Crippen LogP contribution in [0.4, 0.5) is 4.79 Å². The molecule has 74 heavy (non-hydrogen) atoms. The Balaban J connectivity index is 1.58. The summed E-state index contributed by atoms with van der Waals surface area (Å²) < 4.78 is 55.9. The normalized spacial score (nSPS) is 19.9. The van der Waals surface area contributed by atoms with Crippen molar-refractivity contribution >= 4 is 30.0 Å². The molecule has 3 aromatic carbocycles. The summed E-state index contributed by atoms with van der Waals surface area (Å²) in [6.45, 7) is 21.4. The van der Waals surface area contributed by atoms with Gasteiger partial charge in [-0.05, 0) is 136 Å². The third-order valence-corrected chi connectivity index (χ3v) is 12.5. The molecule has 0 radical (unpaired) electrons. The summed E-state index contributed by atoms with van der Waals surface area (Å²) in [5.41, 5.74) is 0.890. The van der Waals surface area contributed by atoms with Crippen LogP contribution in [0.5, 0.6) is 5.75 Å². The van der Waals surface area contributed by atoms with Gasteiger partial charge >= 0.3 is 30.0 Å². The molecule has 0 spiro atoms. The molecule has 1 saturated heterocycles. The fourth-order valence-electron chi connectivity index (χ4n) is 8.00.